The van der Waals surface area contributed by atoms with E-state index in [2.05, 4.69) is 38.8 Å². The first kappa shape index (κ1) is 21.7. The largest absolute Gasteiger partial charge is 0.434 e. The lowest BCUT2D eigenvalue weighted by molar-refractivity contribution is -0.141. The van der Waals surface area contributed by atoms with Gasteiger partial charge in [0.25, 0.3) is 0 Å². The molecule has 0 saturated carbocycles. The van der Waals surface area contributed by atoms with Crippen molar-refractivity contribution >= 4 is 34.4 Å². The summed E-state index contributed by atoms with van der Waals surface area (Å²) in [4.78, 5) is 22.7. The van der Waals surface area contributed by atoms with Crippen molar-refractivity contribution < 1.29 is 18.0 Å². The molecule has 164 valence electrons. The minimum atomic E-state index is -4.73. The van der Waals surface area contributed by atoms with Crippen LogP contribution in [0.5, 0.6) is 0 Å². The van der Waals surface area contributed by atoms with Crippen LogP contribution in [0.3, 0.4) is 0 Å². The number of hydrogen-bond donors (Lipinski definition) is 0. The van der Waals surface area contributed by atoms with E-state index in [4.69, 9.17) is 0 Å². The zero-order valence-corrected chi connectivity index (χ0v) is 18.5. The predicted molar refractivity (Wildman–Crippen MR) is 116 cm³/mol. The van der Waals surface area contributed by atoms with Gasteiger partial charge in [-0.15, -0.1) is 11.8 Å². The molecule has 0 bridgehead atoms. The summed E-state index contributed by atoms with van der Waals surface area (Å²) in [6.45, 7) is 6.24. The van der Waals surface area contributed by atoms with Gasteiger partial charge >= 0.3 is 6.18 Å². The SMILES string of the molecule is CSc1ccc2cc3n(c2c1)CCN(c1ncc(C(C)=O)c(C(F)(F)F)n1)C3C(C)C. The minimum Gasteiger partial charge on any atom is -0.341 e. The number of carbonyl (C=O) groups is 1. The lowest BCUT2D eigenvalue weighted by Crippen LogP contribution is -2.41. The summed E-state index contributed by atoms with van der Waals surface area (Å²) in [5, 5.41) is 1.10. The normalized spacial score (nSPS) is 16.8. The van der Waals surface area contributed by atoms with E-state index < -0.39 is 23.2 Å². The summed E-state index contributed by atoms with van der Waals surface area (Å²) < 4.78 is 43.0. The molecular formula is C22H23F3N4OS. The van der Waals surface area contributed by atoms with Gasteiger partial charge in [0, 0.05) is 40.8 Å². The van der Waals surface area contributed by atoms with Crippen molar-refractivity contribution in [1.82, 2.24) is 14.5 Å². The van der Waals surface area contributed by atoms with E-state index in [1.165, 1.54) is 0 Å². The van der Waals surface area contributed by atoms with Gasteiger partial charge in [0.15, 0.2) is 11.5 Å². The number of Topliss-reactive ketones (excluding diaryl/α,β-unsaturated/α-hetero) is 1. The molecule has 1 aliphatic heterocycles. The fourth-order valence-corrected chi connectivity index (χ4v) is 4.73. The molecule has 1 atom stereocenters. The van der Waals surface area contributed by atoms with Crippen LogP contribution in [0.15, 0.2) is 35.4 Å². The third-order valence-corrected chi connectivity index (χ3v) is 6.38. The summed E-state index contributed by atoms with van der Waals surface area (Å²) in [5.74, 6) is -0.603. The molecule has 0 N–H and O–H groups in total. The Hall–Kier alpha value is -2.55. The van der Waals surface area contributed by atoms with Gasteiger partial charge in [-0.05, 0) is 37.3 Å². The lowest BCUT2D eigenvalue weighted by atomic mass is 9.97. The standard InChI is InChI=1S/C22H23F3N4OS/c1-12(2)19-18-9-14-5-6-15(31-4)10-17(14)28(18)7-8-29(19)21-26-11-16(13(3)30)20(27-21)22(23,24)25/h5-6,9-12,19H,7-8H2,1-4H3. The van der Waals surface area contributed by atoms with E-state index >= 15 is 0 Å². The minimum absolute atomic E-state index is 0.00247. The Balaban J connectivity index is 1.83. The van der Waals surface area contributed by atoms with Gasteiger partial charge in [-0.1, -0.05) is 19.9 Å². The summed E-state index contributed by atoms with van der Waals surface area (Å²) in [7, 11) is 0. The number of nitrogens with zero attached hydrogens (tertiary/aromatic N) is 4. The maximum atomic E-state index is 13.6. The Morgan fingerprint density at radius 3 is 2.58 bits per heavy atom. The Morgan fingerprint density at radius 2 is 1.97 bits per heavy atom. The van der Waals surface area contributed by atoms with Crippen LogP contribution in [-0.4, -0.2) is 33.1 Å². The number of carbonyl (C=O) groups excluding carboxylic acids is 1. The Morgan fingerprint density at radius 1 is 1.23 bits per heavy atom. The number of rotatable bonds is 4. The van der Waals surface area contributed by atoms with E-state index in [0.717, 1.165) is 34.6 Å². The van der Waals surface area contributed by atoms with Crippen LogP contribution in [0.4, 0.5) is 19.1 Å². The van der Waals surface area contributed by atoms with E-state index in [-0.39, 0.29) is 17.9 Å². The molecule has 0 radical (unpaired) electrons. The molecule has 9 heteroatoms. The molecule has 4 rings (SSSR count). The van der Waals surface area contributed by atoms with Gasteiger partial charge in [0.05, 0.1) is 11.6 Å². The molecule has 3 heterocycles. The molecule has 1 unspecified atom stereocenters. The number of ketones is 1. The van der Waals surface area contributed by atoms with E-state index in [1.54, 1.807) is 11.8 Å². The number of benzene rings is 1. The second-order valence-electron chi connectivity index (χ2n) is 8.01. The Kier molecular flexibility index (Phi) is 5.49. The molecule has 0 amide bonds. The highest BCUT2D eigenvalue weighted by atomic mass is 32.2. The third-order valence-electron chi connectivity index (χ3n) is 5.66. The molecule has 1 aliphatic rings. The second-order valence-corrected chi connectivity index (χ2v) is 8.89. The highest BCUT2D eigenvalue weighted by molar-refractivity contribution is 7.98. The molecule has 0 saturated heterocycles. The van der Waals surface area contributed by atoms with Crippen molar-refractivity contribution in [1.29, 1.82) is 0 Å². The van der Waals surface area contributed by atoms with Crippen LogP contribution in [-0.2, 0) is 12.7 Å². The van der Waals surface area contributed by atoms with Crippen LogP contribution in [0.1, 0.15) is 48.6 Å². The van der Waals surface area contributed by atoms with Crippen molar-refractivity contribution in [3.63, 3.8) is 0 Å². The lowest BCUT2D eigenvalue weighted by Gasteiger charge is -2.39. The van der Waals surface area contributed by atoms with Crippen molar-refractivity contribution in [2.45, 2.75) is 44.4 Å². The van der Waals surface area contributed by atoms with Gasteiger partial charge in [-0.3, -0.25) is 4.79 Å². The number of anilines is 1. The van der Waals surface area contributed by atoms with Crippen LogP contribution >= 0.6 is 11.8 Å². The average molecular weight is 449 g/mol. The highest BCUT2D eigenvalue weighted by Crippen LogP contribution is 2.39. The molecule has 0 fully saturated rings. The third kappa shape index (κ3) is 3.79. The zero-order valence-electron chi connectivity index (χ0n) is 17.7. The maximum absolute atomic E-state index is 13.6. The predicted octanol–water partition coefficient (Wildman–Crippen LogP) is 5.59. The number of aromatic nitrogens is 3. The summed E-state index contributed by atoms with van der Waals surface area (Å²) in [6.07, 6.45) is -1.70. The zero-order chi connectivity index (χ0) is 22.5. The van der Waals surface area contributed by atoms with E-state index in [0.29, 0.717) is 13.1 Å². The van der Waals surface area contributed by atoms with Crippen molar-refractivity contribution in [3.8, 4) is 0 Å². The number of hydrogen-bond acceptors (Lipinski definition) is 5. The maximum Gasteiger partial charge on any atom is 0.434 e. The van der Waals surface area contributed by atoms with E-state index in [9.17, 15) is 18.0 Å². The van der Waals surface area contributed by atoms with Crippen LogP contribution < -0.4 is 4.90 Å². The Bertz CT molecular complexity index is 1160. The average Bonchev–Trinajstić information content (AvgIpc) is 3.09. The fraction of sp³-hybridized carbons (Fsp3) is 0.409. The number of fused-ring (bicyclic) bond motifs is 3. The number of thioether (sulfide) groups is 1. The van der Waals surface area contributed by atoms with E-state index in [1.807, 2.05) is 25.0 Å². The monoisotopic (exact) mass is 448 g/mol. The van der Waals surface area contributed by atoms with Crippen LogP contribution in [0.2, 0.25) is 0 Å². The van der Waals surface area contributed by atoms with Crippen LogP contribution in [0, 0.1) is 5.92 Å². The molecule has 5 nitrogen and oxygen atoms in total. The highest BCUT2D eigenvalue weighted by Gasteiger charge is 2.39. The fourth-order valence-electron chi connectivity index (χ4n) is 4.29. The van der Waals surface area contributed by atoms with Crippen molar-refractivity contribution in [3.05, 3.63) is 47.4 Å². The quantitative estimate of drug-likeness (QED) is 0.385. The first-order chi connectivity index (χ1) is 14.6. The Labute approximate surface area is 182 Å². The smallest absolute Gasteiger partial charge is 0.341 e. The molecule has 1 aromatic carbocycles. The topological polar surface area (TPSA) is 51.0 Å². The first-order valence-corrected chi connectivity index (χ1v) is 11.2. The van der Waals surface area contributed by atoms with Gasteiger partial charge in [0.2, 0.25) is 5.95 Å². The summed E-state index contributed by atoms with van der Waals surface area (Å²) >= 11 is 1.67. The molecule has 3 aromatic rings. The van der Waals surface area contributed by atoms with Crippen molar-refractivity contribution in [2.24, 2.45) is 5.92 Å². The van der Waals surface area contributed by atoms with Gasteiger partial charge in [-0.2, -0.15) is 13.2 Å². The van der Waals surface area contributed by atoms with Gasteiger partial charge in [-0.25, -0.2) is 9.97 Å². The molecule has 0 aliphatic carbocycles. The number of alkyl halides is 3. The van der Waals surface area contributed by atoms with Crippen molar-refractivity contribution in [2.75, 3.05) is 17.7 Å². The van der Waals surface area contributed by atoms with Crippen LogP contribution in [0.25, 0.3) is 10.9 Å². The summed E-state index contributed by atoms with van der Waals surface area (Å²) in [6, 6.07) is 8.21. The molecule has 31 heavy (non-hydrogen) atoms. The van der Waals surface area contributed by atoms with Gasteiger partial charge in [0.1, 0.15) is 0 Å². The van der Waals surface area contributed by atoms with Gasteiger partial charge < -0.3 is 9.47 Å². The molecular weight excluding hydrogens is 425 g/mol. The summed E-state index contributed by atoms with van der Waals surface area (Å²) in [5.41, 5.74) is 0.467. The number of halogens is 3. The molecule has 2 aromatic heterocycles. The second kappa shape index (κ2) is 7.85. The molecule has 0 spiro atoms. The first-order valence-electron chi connectivity index (χ1n) is 10.0.